The van der Waals surface area contributed by atoms with Crippen LogP contribution in [0.25, 0.3) is 31.5 Å². The zero-order valence-corrected chi connectivity index (χ0v) is 13.7. The summed E-state index contributed by atoms with van der Waals surface area (Å²) in [6.45, 7) is 0. The van der Waals surface area contributed by atoms with Gasteiger partial charge in [-0.2, -0.15) is 0 Å². The zero-order chi connectivity index (χ0) is 16.0. The van der Waals surface area contributed by atoms with Gasteiger partial charge in [-0.25, -0.2) is 4.79 Å². The van der Waals surface area contributed by atoms with Gasteiger partial charge in [-0.15, -0.1) is 11.3 Å². The van der Waals surface area contributed by atoms with Crippen LogP contribution >= 0.6 is 11.3 Å². The van der Waals surface area contributed by atoms with Gasteiger partial charge in [-0.3, -0.25) is 0 Å². The van der Waals surface area contributed by atoms with E-state index in [1.54, 1.807) is 11.3 Å². The summed E-state index contributed by atoms with van der Waals surface area (Å²) in [6.07, 6.45) is 0. The molecule has 0 N–H and O–H groups in total. The third-order valence-electron chi connectivity index (χ3n) is 3.93. The lowest BCUT2D eigenvalue weighted by molar-refractivity contribution is 0.563. The highest BCUT2D eigenvalue weighted by Gasteiger charge is 2.11. The Balaban J connectivity index is 1.91. The first kappa shape index (κ1) is 14.0. The van der Waals surface area contributed by atoms with Crippen molar-refractivity contribution in [2.75, 3.05) is 19.0 Å². The fraction of sp³-hybridized carbons (Fsp3) is 0.105. The molecule has 0 amide bonds. The molecular formula is C19H15NO2S. The molecule has 0 aliphatic heterocycles. The summed E-state index contributed by atoms with van der Waals surface area (Å²) < 4.78 is 6.73. The number of benzene rings is 2. The Kier molecular flexibility index (Phi) is 3.20. The van der Waals surface area contributed by atoms with E-state index >= 15 is 0 Å². The molecule has 0 bridgehead atoms. The van der Waals surface area contributed by atoms with Crippen LogP contribution in [0.1, 0.15) is 0 Å². The fourth-order valence-electron chi connectivity index (χ4n) is 2.66. The molecule has 0 saturated carbocycles. The summed E-state index contributed by atoms with van der Waals surface area (Å²) in [5.41, 5.74) is 1.96. The molecule has 3 nitrogen and oxygen atoms in total. The third kappa shape index (κ3) is 2.41. The quantitative estimate of drug-likeness (QED) is 0.500. The van der Waals surface area contributed by atoms with Crippen molar-refractivity contribution >= 4 is 38.1 Å². The van der Waals surface area contributed by atoms with Gasteiger partial charge in [0, 0.05) is 40.8 Å². The molecule has 0 radical (unpaired) electrons. The van der Waals surface area contributed by atoms with Gasteiger partial charge in [0.1, 0.15) is 5.58 Å². The van der Waals surface area contributed by atoms with Crippen molar-refractivity contribution in [2.24, 2.45) is 0 Å². The second-order valence-corrected chi connectivity index (χ2v) is 6.80. The number of fused-ring (bicyclic) bond motifs is 2. The standard InChI is InChI=1S/C19H15NO2S/c1-20(2)14-8-7-12-9-15(19(21)22-16(12)11-14)18-10-13-5-3-4-6-17(13)23-18/h3-11H,1-2H3. The maximum atomic E-state index is 12.4. The number of hydrogen-bond acceptors (Lipinski definition) is 4. The largest absolute Gasteiger partial charge is 0.422 e. The maximum absolute atomic E-state index is 12.4. The van der Waals surface area contributed by atoms with E-state index in [0.717, 1.165) is 21.3 Å². The lowest BCUT2D eigenvalue weighted by Crippen LogP contribution is -2.08. The first-order valence-electron chi connectivity index (χ1n) is 7.36. The van der Waals surface area contributed by atoms with Gasteiger partial charge in [0.15, 0.2) is 0 Å². The molecule has 0 spiro atoms. The summed E-state index contributed by atoms with van der Waals surface area (Å²) in [4.78, 5) is 15.3. The number of rotatable bonds is 2. The van der Waals surface area contributed by atoms with Gasteiger partial charge in [-0.05, 0) is 35.7 Å². The van der Waals surface area contributed by atoms with Crippen molar-refractivity contribution in [1.29, 1.82) is 0 Å². The van der Waals surface area contributed by atoms with E-state index < -0.39 is 0 Å². The summed E-state index contributed by atoms with van der Waals surface area (Å²) in [5.74, 6) is 0. The third-order valence-corrected chi connectivity index (χ3v) is 5.08. The first-order valence-corrected chi connectivity index (χ1v) is 8.18. The minimum absolute atomic E-state index is 0.292. The SMILES string of the molecule is CN(C)c1ccc2cc(-c3cc4ccccc4s3)c(=O)oc2c1. The topological polar surface area (TPSA) is 33.5 Å². The lowest BCUT2D eigenvalue weighted by atomic mass is 10.1. The molecule has 0 saturated heterocycles. The van der Waals surface area contributed by atoms with E-state index in [-0.39, 0.29) is 5.63 Å². The molecule has 0 aliphatic carbocycles. The first-order chi connectivity index (χ1) is 11.1. The van der Waals surface area contributed by atoms with E-state index in [2.05, 4.69) is 12.1 Å². The van der Waals surface area contributed by atoms with Crippen molar-refractivity contribution in [3.63, 3.8) is 0 Å². The van der Waals surface area contributed by atoms with E-state index in [1.165, 1.54) is 4.70 Å². The summed E-state index contributed by atoms with van der Waals surface area (Å²) in [6, 6.07) is 18.0. The molecule has 23 heavy (non-hydrogen) atoms. The highest BCUT2D eigenvalue weighted by atomic mass is 32.1. The molecule has 0 unspecified atom stereocenters. The van der Waals surface area contributed by atoms with Gasteiger partial charge in [-0.1, -0.05) is 18.2 Å². The number of anilines is 1. The van der Waals surface area contributed by atoms with Crippen LogP contribution in [0.5, 0.6) is 0 Å². The normalized spacial score (nSPS) is 11.2. The molecule has 2 aromatic heterocycles. The monoisotopic (exact) mass is 321 g/mol. The second-order valence-electron chi connectivity index (χ2n) is 5.71. The van der Waals surface area contributed by atoms with Crippen LogP contribution in [0.3, 0.4) is 0 Å². The highest BCUT2D eigenvalue weighted by molar-refractivity contribution is 7.22. The predicted octanol–water partition coefficient (Wildman–Crippen LogP) is 4.74. The predicted molar refractivity (Wildman–Crippen MR) is 97.6 cm³/mol. The van der Waals surface area contributed by atoms with Crippen molar-refractivity contribution in [1.82, 2.24) is 0 Å². The molecule has 4 rings (SSSR count). The Hall–Kier alpha value is -2.59. The molecule has 0 atom stereocenters. The van der Waals surface area contributed by atoms with Crippen LogP contribution < -0.4 is 10.5 Å². The highest BCUT2D eigenvalue weighted by Crippen LogP contribution is 2.33. The molecule has 114 valence electrons. The lowest BCUT2D eigenvalue weighted by Gasteiger charge is -2.12. The number of hydrogen-bond donors (Lipinski definition) is 0. The van der Waals surface area contributed by atoms with Crippen LogP contribution in [-0.2, 0) is 0 Å². The summed E-state index contributed by atoms with van der Waals surface area (Å²) in [5, 5.41) is 2.08. The van der Waals surface area contributed by atoms with E-state index in [4.69, 9.17) is 4.42 Å². The van der Waals surface area contributed by atoms with Crippen molar-refractivity contribution in [3.8, 4) is 10.4 Å². The van der Waals surface area contributed by atoms with Gasteiger partial charge in [0.25, 0.3) is 0 Å². The Bertz CT molecular complexity index is 1040. The molecule has 0 fully saturated rings. The van der Waals surface area contributed by atoms with Crippen LogP contribution in [0.2, 0.25) is 0 Å². The fourth-order valence-corrected chi connectivity index (χ4v) is 3.73. The molecule has 4 heteroatoms. The number of nitrogens with zero attached hydrogens (tertiary/aromatic N) is 1. The van der Waals surface area contributed by atoms with Crippen molar-refractivity contribution < 1.29 is 4.42 Å². The second kappa shape index (κ2) is 5.25. The number of thiophene rings is 1. The average molecular weight is 321 g/mol. The molecule has 0 aliphatic rings. The van der Waals surface area contributed by atoms with Crippen LogP contribution in [0.4, 0.5) is 5.69 Å². The Morgan fingerprint density at radius 3 is 2.57 bits per heavy atom. The van der Waals surface area contributed by atoms with Crippen LogP contribution in [0.15, 0.2) is 63.8 Å². The summed E-state index contributed by atoms with van der Waals surface area (Å²) in [7, 11) is 3.93. The van der Waals surface area contributed by atoms with E-state index in [0.29, 0.717) is 11.1 Å². The zero-order valence-electron chi connectivity index (χ0n) is 12.9. The van der Waals surface area contributed by atoms with E-state index in [9.17, 15) is 4.79 Å². The maximum Gasteiger partial charge on any atom is 0.345 e. The Morgan fingerprint density at radius 2 is 1.78 bits per heavy atom. The minimum Gasteiger partial charge on any atom is -0.422 e. The van der Waals surface area contributed by atoms with Crippen molar-refractivity contribution in [3.05, 3.63) is 65.0 Å². The van der Waals surface area contributed by atoms with Gasteiger partial charge in [0.2, 0.25) is 0 Å². The van der Waals surface area contributed by atoms with Crippen LogP contribution in [0, 0.1) is 0 Å². The average Bonchev–Trinajstić information content (AvgIpc) is 2.97. The smallest absolute Gasteiger partial charge is 0.345 e. The Morgan fingerprint density at radius 1 is 0.957 bits per heavy atom. The Labute approximate surface area is 137 Å². The van der Waals surface area contributed by atoms with Crippen LogP contribution in [-0.4, -0.2) is 14.1 Å². The molecule has 2 aromatic carbocycles. The molecular weight excluding hydrogens is 306 g/mol. The van der Waals surface area contributed by atoms with Gasteiger partial charge >= 0.3 is 5.63 Å². The summed E-state index contributed by atoms with van der Waals surface area (Å²) >= 11 is 1.61. The van der Waals surface area contributed by atoms with Crippen molar-refractivity contribution in [2.45, 2.75) is 0 Å². The molecule has 4 aromatic rings. The minimum atomic E-state index is -0.292. The van der Waals surface area contributed by atoms with Gasteiger partial charge in [0.05, 0.1) is 5.56 Å². The van der Waals surface area contributed by atoms with Gasteiger partial charge < -0.3 is 9.32 Å². The van der Waals surface area contributed by atoms with E-state index in [1.807, 2.05) is 61.5 Å². The molecule has 2 heterocycles.